The zero-order chi connectivity index (χ0) is 17.3. The zero-order valence-electron chi connectivity index (χ0n) is 12.5. The minimum Gasteiger partial charge on any atom is -0.497 e. The van der Waals surface area contributed by atoms with Gasteiger partial charge in [-0.25, -0.2) is 8.42 Å². The van der Waals surface area contributed by atoms with Gasteiger partial charge in [0.25, 0.3) is 10.0 Å². The summed E-state index contributed by atoms with van der Waals surface area (Å²) in [5.74, 6) is 0.602. The summed E-state index contributed by atoms with van der Waals surface area (Å²) in [7, 11) is -2.34. The molecule has 124 valence electrons. The Hall–Kier alpha value is -3.07. The molecule has 0 aliphatic heterocycles. The number of rotatable bonds is 4. The fourth-order valence-corrected chi connectivity index (χ4v) is 3.22. The Kier molecular flexibility index (Phi) is 3.86. The van der Waals surface area contributed by atoms with Gasteiger partial charge >= 0.3 is 11.1 Å². The van der Waals surface area contributed by atoms with Gasteiger partial charge in [-0.3, -0.25) is 14.3 Å². The lowest BCUT2D eigenvalue weighted by Gasteiger charge is -2.09. The van der Waals surface area contributed by atoms with E-state index in [4.69, 9.17) is 4.74 Å². The molecule has 3 N–H and O–H groups in total. The van der Waals surface area contributed by atoms with Gasteiger partial charge in [0.2, 0.25) is 0 Å². The predicted molar refractivity (Wildman–Crippen MR) is 89.0 cm³/mol. The maximum atomic E-state index is 12.4. The highest BCUT2D eigenvalue weighted by atomic mass is 32.2. The quantitative estimate of drug-likeness (QED) is 0.609. The lowest BCUT2D eigenvalue weighted by Crippen LogP contribution is -2.29. The van der Waals surface area contributed by atoms with Crippen LogP contribution >= 0.6 is 0 Å². The van der Waals surface area contributed by atoms with Gasteiger partial charge in [-0.05, 0) is 42.5 Å². The SMILES string of the molecule is COc1ccc(NS(=O)(=O)c2ccc3[nH]c(=O)c(=O)[nH]c3c2)cc1. The zero-order valence-corrected chi connectivity index (χ0v) is 13.3. The van der Waals surface area contributed by atoms with Crippen molar-refractivity contribution in [2.45, 2.75) is 4.90 Å². The van der Waals surface area contributed by atoms with E-state index in [1.807, 2.05) is 0 Å². The molecule has 0 atom stereocenters. The van der Waals surface area contributed by atoms with Crippen LogP contribution < -0.4 is 20.6 Å². The molecule has 0 fully saturated rings. The van der Waals surface area contributed by atoms with E-state index in [2.05, 4.69) is 14.7 Å². The maximum Gasteiger partial charge on any atom is 0.314 e. The number of ether oxygens (including phenoxy) is 1. The average molecular weight is 347 g/mol. The molecule has 1 heterocycles. The Balaban J connectivity index is 1.99. The Morgan fingerprint density at radius 2 is 1.54 bits per heavy atom. The van der Waals surface area contributed by atoms with Crippen LogP contribution in [0.1, 0.15) is 0 Å². The fraction of sp³-hybridized carbons (Fsp3) is 0.0667. The van der Waals surface area contributed by atoms with Crippen molar-refractivity contribution in [3.8, 4) is 5.75 Å². The Bertz CT molecular complexity index is 1110. The van der Waals surface area contributed by atoms with Gasteiger partial charge in [-0.2, -0.15) is 0 Å². The third kappa shape index (κ3) is 3.01. The number of hydrogen-bond acceptors (Lipinski definition) is 5. The molecule has 9 heteroatoms. The van der Waals surface area contributed by atoms with Gasteiger partial charge in [0.1, 0.15) is 5.75 Å². The molecule has 0 saturated heterocycles. The lowest BCUT2D eigenvalue weighted by molar-refractivity contribution is 0.415. The molecule has 0 aliphatic carbocycles. The van der Waals surface area contributed by atoms with Crippen molar-refractivity contribution in [2.75, 3.05) is 11.8 Å². The van der Waals surface area contributed by atoms with Crippen molar-refractivity contribution in [1.29, 1.82) is 0 Å². The van der Waals surface area contributed by atoms with Crippen molar-refractivity contribution in [1.82, 2.24) is 9.97 Å². The van der Waals surface area contributed by atoms with Crippen LogP contribution in [0.3, 0.4) is 0 Å². The molecule has 3 rings (SSSR count). The molecule has 0 spiro atoms. The van der Waals surface area contributed by atoms with Crippen molar-refractivity contribution in [3.05, 3.63) is 63.2 Å². The van der Waals surface area contributed by atoms with Crippen LogP contribution in [0.2, 0.25) is 0 Å². The van der Waals surface area contributed by atoms with Gasteiger partial charge in [0, 0.05) is 5.69 Å². The van der Waals surface area contributed by atoms with E-state index < -0.39 is 21.1 Å². The van der Waals surface area contributed by atoms with E-state index in [1.165, 1.54) is 25.3 Å². The van der Waals surface area contributed by atoms with Crippen molar-refractivity contribution < 1.29 is 13.2 Å². The summed E-state index contributed by atoms with van der Waals surface area (Å²) in [5, 5.41) is 0. The van der Waals surface area contributed by atoms with E-state index >= 15 is 0 Å². The first-order valence-electron chi connectivity index (χ1n) is 6.82. The van der Waals surface area contributed by atoms with Crippen LogP contribution in [0.25, 0.3) is 11.0 Å². The molecule has 24 heavy (non-hydrogen) atoms. The summed E-state index contributed by atoms with van der Waals surface area (Å²) >= 11 is 0. The number of methoxy groups -OCH3 is 1. The van der Waals surface area contributed by atoms with Gasteiger partial charge < -0.3 is 14.7 Å². The van der Waals surface area contributed by atoms with E-state index in [0.29, 0.717) is 17.0 Å². The molecule has 3 aromatic rings. The standard InChI is InChI=1S/C15H13N3O5S/c1-23-10-4-2-9(3-5-10)18-24(21,22)11-6-7-12-13(8-11)17-15(20)14(19)16-12/h2-8,18H,1H3,(H,16,19)(H,17,20). The highest BCUT2D eigenvalue weighted by Gasteiger charge is 2.15. The summed E-state index contributed by atoms with van der Waals surface area (Å²) in [6.45, 7) is 0. The first-order valence-corrected chi connectivity index (χ1v) is 8.30. The van der Waals surface area contributed by atoms with Crippen LogP contribution in [0.5, 0.6) is 5.75 Å². The number of fused-ring (bicyclic) bond motifs is 1. The molecule has 0 radical (unpaired) electrons. The first kappa shape index (κ1) is 15.8. The van der Waals surface area contributed by atoms with E-state index in [1.54, 1.807) is 24.3 Å². The molecular weight excluding hydrogens is 334 g/mol. The number of anilines is 1. The van der Waals surface area contributed by atoms with Crippen LogP contribution in [0.15, 0.2) is 56.9 Å². The smallest absolute Gasteiger partial charge is 0.314 e. The Labute approximate surface area is 136 Å². The number of hydrogen-bond donors (Lipinski definition) is 3. The van der Waals surface area contributed by atoms with Gasteiger partial charge in [-0.15, -0.1) is 0 Å². The predicted octanol–water partition coefficient (Wildman–Crippen LogP) is 1.03. The minimum absolute atomic E-state index is 0.0477. The molecule has 0 bridgehead atoms. The third-order valence-corrected chi connectivity index (χ3v) is 4.73. The number of H-pyrrole nitrogens is 2. The van der Waals surface area contributed by atoms with Gasteiger partial charge in [0.15, 0.2) is 0 Å². The highest BCUT2D eigenvalue weighted by molar-refractivity contribution is 7.92. The molecule has 8 nitrogen and oxygen atoms in total. The minimum atomic E-state index is -3.85. The Morgan fingerprint density at radius 1 is 0.917 bits per heavy atom. The molecular formula is C15H13N3O5S. The van der Waals surface area contributed by atoms with E-state index in [0.717, 1.165) is 0 Å². The second kappa shape index (κ2) is 5.85. The highest BCUT2D eigenvalue weighted by Crippen LogP contribution is 2.20. The summed E-state index contributed by atoms with van der Waals surface area (Å²) in [4.78, 5) is 27.3. The van der Waals surface area contributed by atoms with Crippen LogP contribution in [-0.2, 0) is 10.0 Å². The monoisotopic (exact) mass is 347 g/mol. The van der Waals surface area contributed by atoms with E-state index in [-0.39, 0.29) is 10.4 Å². The van der Waals surface area contributed by atoms with Crippen LogP contribution in [0, 0.1) is 0 Å². The molecule has 0 aliphatic rings. The van der Waals surface area contributed by atoms with Crippen molar-refractivity contribution >= 4 is 26.7 Å². The number of sulfonamides is 1. The number of aromatic nitrogens is 2. The molecule has 0 amide bonds. The maximum absolute atomic E-state index is 12.4. The van der Waals surface area contributed by atoms with Crippen LogP contribution in [0.4, 0.5) is 5.69 Å². The molecule has 0 unspecified atom stereocenters. The number of aromatic amines is 2. The average Bonchev–Trinajstić information content (AvgIpc) is 2.56. The Morgan fingerprint density at radius 3 is 2.17 bits per heavy atom. The molecule has 0 saturated carbocycles. The topological polar surface area (TPSA) is 121 Å². The van der Waals surface area contributed by atoms with Crippen molar-refractivity contribution in [3.63, 3.8) is 0 Å². The summed E-state index contributed by atoms with van der Waals surface area (Å²) in [6, 6.07) is 10.4. The summed E-state index contributed by atoms with van der Waals surface area (Å²) in [5.41, 5.74) is -0.722. The molecule has 2 aromatic carbocycles. The number of benzene rings is 2. The third-order valence-electron chi connectivity index (χ3n) is 3.35. The van der Waals surface area contributed by atoms with Gasteiger partial charge in [-0.1, -0.05) is 0 Å². The summed E-state index contributed by atoms with van der Waals surface area (Å²) in [6.07, 6.45) is 0. The largest absolute Gasteiger partial charge is 0.497 e. The van der Waals surface area contributed by atoms with Crippen molar-refractivity contribution in [2.24, 2.45) is 0 Å². The number of nitrogens with one attached hydrogen (secondary N) is 3. The normalized spacial score (nSPS) is 11.4. The lowest BCUT2D eigenvalue weighted by atomic mass is 10.3. The summed E-state index contributed by atoms with van der Waals surface area (Å²) < 4.78 is 32.3. The van der Waals surface area contributed by atoms with E-state index in [9.17, 15) is 18.0 Å². The second-order valence-electron chi connectivity index (χ2n) is 4.95. The fourth-order valence-electron chi connectivity index (χ4n) is 2.13. The second-order valence-corrected chi connectivity index (χ2v) is 6.63. The molecule has 1 aromatic heterocycles. The van der Waals surface area contributed by atoms with Crippen LogP contribution in [-0.4, -0.2) is 25.5 Å². The van der Waals surface area contributed by atoms with Gasteiger partial charge in [0.05, 0.1) is 23.0 Å². The first-order chi connectivity index (χ1) is 11.4.